The SMILES string of the molecule is [B]C1(CCN)[B]C1([B])CCCCN(CCCN)CCCCN. The van der Waals surface area contributed by atoms with Crippen molar-refractivity contribution >= 4 is 23.0 Å². The van der Waals surface area contributed by atoms with E-state index in [1.807, 2.05) is 0 Å². The van der Waals surface area contributed by atoms with Crippen LogP contribution in [0.1, 0.15) is 44.9 Å². The smallest absolute Gasteiger partial charge is 0.102 e. The molecule has 1 fully saturated rings. The van der Waals surface area contributed by atoms with Gasteiger partial charge in [0.25, 0.3) is 0 Å². The molecule has 0 aromatic heterocycles. The van der Waals surface area contributed by atoms with Gasteiger partial charge in [-0.25, -0.2) is 0 Å². The van der Waals surface area contributed by atoms with Crippen molar-refractivity contribution in [1.82, 2.24) is 4.90 Å². The molecule has 0 saturated carbocycles. The van der Waals surface area contributed by atoms with Crippen LogP contribution in [0.5, 0.6) is 0 Å². The van der Waals surface area contributed by atoms with Crippen molar-refractivity contribution in [3.63, 3.8) is 0 Å². The zero-order chi connectivity index (χ0) is 16.5. The van der Waals surface area contributed by atoms with E-state index in [9.17, 15) is 0 Å². The zero-order valence-corrected chi connectivity index (χ0v) is 14.1. The fraction of sp³-hybridized carbons (Fsp3) is 1.00. The number of hydrogen-bond donors (Lipinski definition) is 3. The number of nitrogens with zero attached hydrogens (tertiary/aromatic N) is 1. The number of hydrogen-bond acceptors (Lipinski definition) is 4. The quantitative estimate of drug-likeness (QED) is 0.316. The van der Waals surface area contributed by atoms with Crippen molar-refractivity contribution in [2.75, 3.05) is 39.3 Å². The van der Waals surface area contributed by atoms with E-state index in [2.05, 4.69) is 12.2 Å². The molecule has 2 unspecified atom stereocenters. The summed E-state index contributed by atoms with van der Waals surface area (Å²) in [5.41, 5.74) is 16.8. The molecule has 1 heterocycles. The van der Waals surface area contributed by atoms with Crippen LogP contribution in [0.4, 0.5) is 0 Å². The van der Waals surface area contributed by atoms with Gasteiger partial charge >= 0.3 is 0 Å². The first-order chi connectivity index (χ1) is 10.5. The van der Waals surface area contributed by atoms with E-state index in [-0.39, 0.29) is 10.4 Å². The van der Waals surface area contributed by atoms with Crippen LogP contribution in [0.3, 0.4) is 0 Å². The Morgan fingerprint density at radius 3 is 1.82 bits per heavy atom. The fourth-order valence-electron chi connectivity index (χ4n) is 3.16. The van der Waals surface area contributed by atoms with Gasteiger partial charge in [0.15, 0.2) is 0 Å². The van der Waals surface area contributed by atoms with E-state index in [1.165, 1.54) is 0 Å². The number of rotatable bonds is 14. The van der Waals surface area contributed by atoms with Gasteiger partial charge in [-0.1, -0.05) is 29.7 Å². The van der Waals surface area contributed by atoms with Crippen LogP contribution in [0.25, 0.3) is 0 Å². The van der Waals surface area contributed by atoms with Crippen molar-refractivity contribution in [2.45, 2.75) is 55.4 Å². The lowest BCUT2D eigenvalue weighted by atomic mass is 9.63. The number of unbranched alkanes of at least 4 members (excludes halogenated alkanes) is 2. The maximum atomic E-state index is 6.33. The fourth-order valence-corrected chi connectivity index (χ4v) is 3.16. The Kier molecular flexibility index (Phi) is 9.14. The predicted molar refractivity (Wildman–Crippen MR) is 98.6 cm³/mol. The molecule has 1 rings (SSSR count). The highest BCUT2D eigenvalue weighted by molar-refractivity contribution is 6.80. The lowest BCUT2D eigenvalue weighted by molar-refractivity contribution is 0.260. The predicted octanol–water partition coefficient (Wildman–Crippen LogP) is 0.182. The monoisotopic (exact) mass is 301 g/mol. The molecular weight excluding hydrogens is 269 g/mol. The summed E-state index contributed by atoms with van der Waals surface area (Å²) in [6.45, 7) is 5.42. The van der Waals surface area contributed by atoms with Crippen LogP contribution in [0.2, 0.25) is 10.4 Å². The molecule has 1 saturated heterocycles. The van der Waals surface area contributed by atoms with Crippen LogP contribution in [0.15, 0.2) is 0 Å². The van der Waals surface area contributed by atoms with Gasteiger partial charge in [-0.3, -0.25) is 0 Å². The lowest BCUT2D eigenvalue weighted by Crippen LogP contribution is -2.29. The first kappa shape index (κ1) is 20.1. The normalized spacial score (nSPS) is 27.1. The van der Waals surface area contributed by atoms with E-state index in [4.69, 9.17) is 32.9 Å². The van der Waals surface area contributed by atoms with Crippen molar-refractivity contribution in [3.05, 3.63) is 0 Å². The molecule has 5 radical (unpaired) electrons. The van der Waals surface area contributed by atoms with Gasteiger partial charge in [-0.15, -0.1) is 0 Å². The minimum atomic E-state index is -0.331. The Balaban J connectivity index is 2.19. The maximum Gasteiger partial charge on any atom is 0.102 e. The van der Waals surface area contributed by atoms with Crippen molar-refractivity contribution in [3.8, 4) is 0 Å². The molecular formula is C15H32B3N4. The Morgan fingerprint density at radius 2 is 1.23 bits per heavy atom. The molecule has 22 heavy (non-hydrogen) atoms. The van der Waals surface area contributed by atoms with Gasteiger partial charge in [0, 0.05) is 0 Å². The van der Waals surface area contributed by atoms with Crippen molar-refractivity contribution < 1.29 is 0 Å². The summed E-state index contributed by atoms with van der Waals surface area (Å²) in [5.74, 6) is 0. The summed E-state index contributed by atoms with van der Waals surface area (Å²) >= 11 is 0. The van der Waals surface area contributed by atoms with Crippen LogP contribution in [-0.4, -0.2) is 67.1 Å². The van der Waals surface area contributed by atoms with E-state index < -0.39 is 0 Å². The summed E-state index contributed by atoms with van der Waals surface area (Å²) in [6.07, 6.45) is 7.31. The molecule has 121 valence electrons. The van der Waals surface area contributed by atoms with Gasteiger partial charge in [0.1, 0.15) is 7.28 Å². The van der Waals surface area contributed by atoms with Gasteiger partial charge < -0.3 is 22.1 Å². The highest BCUT2D eigenvalue weighted by Gasteiger charge is 2.57. The molecule has 0 aliphatic carbocycles. The Labute approximate surface area is 140 Å². The van der Waals surface area contributed by atoms with Gasteiger partial charge in [-0.2, -0.15) is 0 Å². The molecule has 4 nitrogen and oxygen atoms in total. The summed E-state index contributed by atoms with van der Waals surface area (Å²) in [6, 6.07) is 0. The second-order valence-electron chi connectivity index (χ2n) is 6.70. The molecule has 2 atom stereocenters. The van der Waals surface area contributed by atoms with E-state index in [1.54, 1.807) is 0 Å². The molecule has 0 spiro atoms. The van der Waals surface area contributed by atoms with Crippen LogP contribution in [-0.2, 0) is 0 Å². The summed E-state index contributed by atoms with van der Waals surface area (Å²) in [4.78, 5) is 2.50. The van der Waals surface area contributed by atoms with Crippen LogP contribution >= 0.6 is 0 Å². The molecule has 0 bridgehead atoms. The standard InChI is InChI=1S/C15H32B3N4/c16-14(15(17,18-14)7-10-21)6-1-3-11-22(13-5-9-20)12-4-2-8-19/h1-13,19-21H2. The van der Waals surface area contributed by atoms with E-state index in [0.717, 1.165) is 77.7 Å². The minimum Gasteiger partial charge on any atom is -0.331 e. The van der Waals surface area contributed by atoms with Gasteiger partial charge in [-0.05, 0) is 65.0 Å². The zero-order valence-electron chi connectivity index (χ0n) is 14.1. The molecule has 1 aliphatic rings. The Bertz CT molecular complexity index is 309. The number of nitrogens with two attached hydrogens (primary N) is 3. The first-order valence-electron chi connectivity index (χ1n) is 8.79. The van der Waals surface area contributed by atoms with E-state index in [0.29, 0.717) is 6.54 Å². The van der Waals surface area contributed by atoms with Gasteiger partial charge in [0.2, 0.25) is 0 Å². The Hall–Kier alpha value is 0.0348. The second kappa shape index (κ2) is 10.0. The highest BCUT2D eigenvalue weighted by atomic mass is 15.1. The average Bonchev–Trinajstić information content (AvgIpc) is 3.02. The molecule has 0 aromatic rings. The third kappa shape index (κ3) is 6.27. The third-order valence-corrected chi connectivity index (χ3v) is 4.78. The molecule has 0 aromatic carbocycles. The second-order valence-corrected chi connectivity index (χ2v) is 6.70. The molecule has 7 heteroatoms. The van der Waals surface area contributed by atoms with Gasteiger partial charge in [0.05, 0.1) is 15.7 Å². The lowest BCUT2D eigenvalue weighted by Gasteiger charge is -2.24. The topological polar surface area (TPSA) is 81.3 Å². The highest BCUT2D eigenvalue weighted by Crippen LogP contribution is 2.68. The maximum absolute atomic E-state index is 6.33. The average molecular weight is 301 g/mol. The van der Waals surface area contributed by atoms with Crippen LogP contribution < -0.4 is 17.2 Å². The van der Waals surface area contributed by atoms with Crippen molar-refractivity contribution in [1.29, 1.82) is 0 Å². The van der Waals surface area contributed by atoms with Crippen molar-refractivity contribution in [2.24, 2.45) is 17.2 Å². The molecule has 1 aliphatic heterocycles. The molecule has 0 amide bonds. The Morgan fingerprint density at radius 1 is 0.682 bits per heavy atom. The van der Waals surface area contributed by atoms with Crippen LogP contribution in [0, 0.1) is 0 Å². The third-order valence-electron chi connectivity index (χ3n) is 4.78. The summed E-state index contributed by atoms with van der Waals surface area (Å²) in [7, 11) is 14.6. The minimum absolute atomic E-state index is 0.298. The summed E-state index contributed by atoms with van der Waals surface area (Å²) < 4.78 is 0. The first-order valence-corrected chi connectivity index (χ1v) is 8.79. The van der Waals surface area contributed by atoms with E-state index >= 15 is 0 Å². The summed E-state index contributed by atoms with van der Waals surface area (Å²) in [5, 5.41) is -0.629. The molecule has 6 N–H and O–H groups in total. The largest absolute Gasteiger partial charge is 0.331 e.